The molecule has 0 saturated heterocycles. The van der Waals surface area contributed by atoms with Gasteiger partial charge in [-0.15, -0.1) is 0 Å². The van der Waals surface area contributed by atoms with E-state index < -0.39 is 0 Å². The molecule has 1 N–H and O–H groups in total. The zero-order chi connectivity index (χ0) is 15.4. The van der Waals surface area contributed by atoms with Crippen LogP contribution in [-0.4, -0.2) is 19.1 Å². The molecule has 0 aromatic heterocycles. The lowest BCUT2D eigenvalue weighted by molar-refractivity contribution is 0.0950. The fraction of sp³-hybridized carbons (Fsp3) is 0.278. The summed E-state index contributed by atoms with van der Waals surface area (Å²) < 4.78 is 11.2. The van der Waals surface area contributed by atoms with Gasteiger partial charge in [0.1, 0.15) is 0 Å². The highest BCUT2D eigenvalue weighted by atomic mass is 16.5. The molecule has 0 radical (unpaired) electrons. The number of hydrogen-bond donors (Lipinski definition) is 1. The highest BCUT2D eigenvalue weighted by Crippen LogP contribution is 2.30. The third-order valence-corrected chi connectivity index (χ3v) is 3.71. The highest BCUT2D eigenvalue weighted by molar-refractivity contribution is 5.94. The van der Waals surface area contributed by atoms with Gasteiger partial charge in [-0.05, 0) is 36.2 Å². The van der Waals surface area contributed by atoms with Gasteiger partial charge < -0.3 is 14.8 Å². The predicted molar refractivity (Wildman–Crippen MR) is 84.4 cm³/mol. The number of carbonyl (C=O) groups is 1. The average Bonchev–Trinajstić information content (AvgIpc) is 2.78. The van der Waals surface area contributed by atoms with Crippen LogP contribution in [0.2, 0.25) is 0 Å². The molecule has 0 saturated carbocycles. The lowest BCUT2D eigenvalue weighted by Gasteiger charge is -2.10. The van der Waals surface area contributed by atoms with Gasteiger partial charge in [-0.3, -0.25) is 4.79 Å². The Hall–Kier alpha value is -2.49. The largest absolute Gasteiger partial charge is 0.490 e. The summed E-state index contributed by atoms with van der Waals surface area (Å²) in [5, 5.41) is 2.94. The molecular formula is C18H19NO3. The molecule has 1 heterocycles. The van der Waals surface area contributed by atoms with Crippen molar-refractivity contribution in [1.82, 2.24) is 5.32 Å². The smallest absolute Gasteiger partial charge is 0.251 e. The zero-order valence-electron chi connectivity index (χ0n) is 12.6. The van der Waals surface area contributed by atoms with Gasteiger partial charge in [-0.1, -0.05) is 24.3 Å². The summed E-state index contributed by atoms with van der Waals surface area (Å²) in [4.78, 5) is 12.3. The van der Waals surface area contributed by atoms with E-state index >= 15 is 0 Å². The van der Waals surface area contributed by atoms with Crippen molar-refractivity contribution in [2.45, 2.75) is 19.9 Å². The summed E-state index contributed by atoms with van der Waals surface area (Å²) in [6.07, 6.45) is 0.851. The summed E-state index contributed by atoms with van der Waals surface area (Å²) in [6, 6.07) is 13.3. The first-order chi connectivity index (χ1) is 10.7. The van der Waals surface area contributed by atoms with Gasteiger partial charge >= 0.3 is 0 Å². The number of carbonyl (C=O) groups excluding carboxylic acids is 1. The Labute approximate surface area is 130 Å². The summed E-state index contributed by atoms with van der Waals surface area (Å²) in [6.45, 7) is 3.81. The number of benzene rings is 2. The molecule has 0 aliphatic carbocycles. The van der Waals surface area contributed by atoms with Crippen molar-refractivity contribution in [1.29, 1.82) is 0 Å². The van der Waals surface area contributed by atoms with Gasteiger partial charge in [0.05, 0.1) is 13.2 Å². The normalized spacial score (nSPS) is 13.3. The Morgan fingerprint density at radius 3 is 2.68 bits per heavy atom. The van der Waals surface area contributed by atoms with Gasteiger partial charge in [0.15, 0.2) is 11.5 Å². The lowest BCUT2D eigenvalue weighted by Crippen LogP contribution is -2.23. The molecule has 0 atom stereocenters. The molecule has 0 fully saturated rings. The molecule has 4 nitrogen and oxygen atoms in total. The SMILES string of the molecule is Cc1ccccc1CNC(=O)c1ccc2c(c1)OCCCO2. The van der Waals surface area contributed by atoms with Crippen LogP contribution in [0, 0.1) is 6.92 Å². The molecule has 1 aliphatic heterocycles. The first-order valence-corrected chi connectivity index (χ1v) is 7.46. The maximum Gasteiger partial charge on any atom is 0.251 e. The van der Waals surface area contributed by atoms with Crippen molar-refractivity contribution in [2.24, 2.45) is 0 Å². The second-order valence-electron chi connectivity index (χ2n) is 5.32. The summed E-state index contributed by atoms with van der Waals surface area (Å²) in [5.74, 6) is 1.23. The Balaban J connectivity index is 1.70. The Kier molecular flexibility index (Phi) is 4.28. The first kappa shape index (κ1) is 14.4. The van der Waals surface area contributed by atoms with Crippen LogP contribution in [0.1, 0.15) is 27.9 Å². The molecule has 0 spiro atoms. The standard InChI is InChI=1S/C18H19NO3/c1-13-5-2-3-6-15(13)12-19-18(20)14-7-8-16-17(11-14)22-10-4-9-21-16/h2-3,5-8,11H,4,9-10,12H2,1H3,(H,19,20). The van der Waals surface area contributed by atoms with Gasteiger partial charge in [-0.2, -0.15) is 0 Å². The molecule has 2 aromatic carbocycles. The van der Waals surface area contributed by atoms with Crippen LogP contribution in [0.3, 0.4) is 0 Å². The molecule has 1 amide bonds. The maximum atomic E-state index is 12.3. The minimum atomic E-state index is -0.112. The average molecular weight is 297 g/mol. The molecule has 3 rings (SSSR count). The fourth-order valence-corrected chi connectivity index (χ4v) is 2.39. The van der Waals surface area contributed by atoms with E-state index in [4.69, 9.17) is 9.47 Å². The molecule has 2 aromatic rings. The van der Waals surface area contributed by atoms with Crippen LogP contribution in [0.5, 0.6) is 11.5 Å². The molecule has 114 valence electrons. The van der Waals surface area contributed by atoms with E-state index in [0.717, 1.165) is 12.0 Å². The summed E-state index contributed by atoms with van der Waals surface area (Å²) >= 11 is 0. The topological polar surface area (TPSA) is 47.6 Å². The van der Waals surface area contributed by atoms with Crippen LogP contribution >= 0.6 is 0 Å². The minimum Gasteiger partial charge on any atom is -0.490 e. The van der Waals surface area contributed by atoms with E-state index in [-0.39, 0.29) is 5.91 Å². The molecule has 0 bridgehead atoms. The van der Waals surface area contributed by atoms with Crippen LogP contribution in [-0.2, 0) is 6.54 Å². The van der Waals surface area contributed by atoms with E-state index in [2.05, 4.69) is 5.32 Å². The second-order valence-corrected chi connectivity index (χ2v) is 5.32. The van der Waals surface area contributed by atoms with Crippen molar-refractivity contribution < 1.29 is 14.3 Å². The van der Waals surface area contributed by atoms with Crippen LogP contribution in [0.25, 0.3) is 0 Å². The fourth-order valence-electron chi connectivity index (χ4n) is 2.39. The highest BCUT2D eigenvalue weighted by Gasteiger charge is 2.14. The predicted octanol–water partition coefficient (Wildman–Crippen LogP) is 3.09. The Bertz CT molecular complexity index is 682. The van der Waals surface area contributed by atoms with E-state index in [9.17, 15) is 4.79 Å². The van der Waals surface area contributed by atoms with E-state index in [0.29, 0.717) is 36.8 Å². The number of amides is 1. The van der Waals surface area contributed by atoms with Crippen molar-refractivity contribution in [3.63, 3.8) is 0 Å². The Morgan fingerprint density at radius 2 is 1.86 bits per heavy atom. The summed E-state index contributed by atoms with van der Waals surface area (Å²) in [5.41, 5.74) is 2.87. The number of fused-ring (bicyclic) bond motifs is 1. The van der Waals surface area contributed by atoms with Crippen molar-refractivity contribution in [2.75, 3.05) is 13.2 Å². The molecule has 0 unspecified atom stereocenters. The third-order valence-electron chi connectivity index (χ3n) is 3.71. The van der Waals surface area contributed by atoms with E-state index in [1.165, 1.54) is 5.56 Å². The lowest BCUT2D eigenvalue weighted by atomic mass is 10.1. The second kappa shape index (κ2) is 6.52. The third kappa shape index (κ3) is 3.22. The maximum absolute atomic E-state index is 12.3. The first-order valence-electron chi connectivity index (χ1n) is 7.46. The van der Waals surface area contributed by atoms with E-state index in [1.807, 2.05) is 31.2 Å². The molecule has 1 aliphatic rings. The van der Waals surface area contributed by atoms with Crippen molar-refractivity contribution >= 4 is 5.91 Å². The number of rotatable bonds is 3. The van der Waals surface area contributed by atoms with Crippen molar-refractivity contribution in [3.8, 4) is 11.5 Å². The zero-order valence-corrected chi connectivity index (χ0v) is 12.6. The van der Waals surface area contributed by atoms with E-state index in [1.54, 1.807) is 18.2 Å². The molecular weight excluding hydrogens is 278 g/mol. The molecule has 22 heavy (non-hydrogen) atoms. The number of hydrogen-bond acceptors (Lipinski definition) is 3. The number of nitrogens with one attached hydrogen (secondary N) is 1. The Morgan fingerprint density at radius 1 is 1.09 bits per heavy atom. The van der Waals surface area contributed by atoms with Crippen molar-refractivity contribution in [3.05, 3.63) is 59.2 Å². The monoisotopic (exact) mass is 297 g/mol. The van der Waals surface area contributed by atoms with Gasteiger partial charge in [0, 0.05) is 18.5 Å². The van der Waals surface area contributed by atoms with Crippen LogP contribution in [0.15, 0.2) is 42.5 Å². The van der Waals surface area contributed by atoms with Crippen LogP contribution in [0.4, 0.5) is 0 Å². The van der Waals surface area contributed by atoms with Gasteiger partial charge in [0.25, 0.3) is 5.91 Å². The minimum absolute atomic E-state index is 0.112. The molecule has 4 heteroatoms. The quantitative estimate of drug-likeness (QED) is 0.947. The number of ether oxygens (including phenoxy) is 2. The van der Waals surface area contributed by atoms with Gasteiger partial charge in [-0.25, -0.2) is 0 Å². The summed E-state index contributed by atoms with van der Waals surface area (Å²) in [7, 11) is 0. The van der Waals surface area contributed by atoms with Crippen LogP contribution < -0.4 is 14.8 Å². The number of aryl methyl sites for hydroxylation is 1. The van der Waals surface area contributed by atoms with Gasteiger partial charge in [0.2, 0.25) is 0 Å².